The van der Waals surface area contributed by atoms with E-state index in [0.717, 1.165) is 18.6 Å². The molecule has 1 amide bonds. The molecule has 1 heterocycles. The number of benzene rings is 1. The van der Waals surface area contributed by atoms with Crippen molar-refractivity contribution in [1.82, 2.24) is 5.32 Å². The molecule has 21 heavy (non-hydrogen) atoms. The van der Waals surface area contributed by atoms with Crippen LogP contribution in [0, 0.1) is 0 Å². The monoisotopic (exact) mass is 302 g/mol. The van der Waals surface area contributed by atoms with Crippen molar-refractivity contribution in [2.24, 2.45) is 5.73 Å². The summed E-state index contributed by atoms with van der Waals surface area (Å²) in [5.41, 5.74) is 5.36. The molecule has 2 atom stereocenters. The molecule has 0 bridgehead atoms. The summed E-state index contributed by atoms with van der Waals surface area (Å²) in [6, 6.07) is 4.69. The molecule has 4 nitrogen and oxygen atoms in total. The molecule has 3 N–H and O–H groups in total. The number of ether oxygens (including phenoxy) is 1. The van der Waals surface area contributed by atoms with Gasteiger partial charge in [-0.25, -0.2) is 0 Å². The predicted octanol–water partition coefficient (Wildman–Crippen LogP) is 1.83. The molecule has 0 aliphatic carbocycles. The average molecular weight is 302 g/mol. The van der Waals surface area contributed by atoms with Crippen molar-refractivity contribution in [1.29, 1.82) is 0 Å². The normalized spacial score (nSPS) is 22.3. The van der Waals surface area contributed by atoms with Crippen LogP contribution in [0.4, 0.5) is 13.2 Å². The lowest BCUT2D eigenvalue weighted by Gasteiger charge is -2.13. The molecule has 0 radical (unpaired) electrons. The Morgan fingerprint density at radius 1 is 1.29 bits per heavy atom. The summed E-state index contributed by atoms with van der Waals surface area (Å²) in [6.45, 7) is 0.548. The highest BCUT2D eigenvalue weighted by atomic mass is 19.4. The summed E-state index contributed by atoms with van der Waals surface area (Å²) in [5, 5.41) is 2.66. The van der Waals surface area contributed by atoms with Gasteiger partial charge in [0.2, 0.25) is 5.91 Å². The second-order valence-corrected chi connectivity index (χ2v) is 4.97. The zero-order valence-electron chi connectivity index (χ0n) is 11.3. The Labute approximate surface area is 120 Å². The summed E-state index contributed by atoms with van der Waals surface area (Å²) in [5.74, 6) is -0.258. The van der Waals surface area contributed by atoms with Crippen LogP contribution in [-0.2, 0) is 22.3 Å². The highest BCUT2D eigenvalue weighted by Crippen LogP contribution is 2.29. The molecule has 2 unspecified atom stereocenters. The molecule has 1 aromatic rings. The Hall–Kier alpha value is -1.60. The second kappa shape index (κ2) is 6.44. The molecule has 0 spiro atoms. The zero-order chi connectivity index (χ0) is 15.5. The fourth-order valence-corrected chi connectivity index (χ4v) is 2.19. The summed E-state index contributed by atoms with van der Waals surface area (Å²) >= 11 is 0. The number of alkyl halides is 3. The Balaban J connectivity index is 1.84. The van der Waals surface area contributed by atoms with Gasteiger partial charge in [0, 0.05) is 13.1 Å². The van der Waals surface area contributed by atoms with Crippen LogP contribution in [0.5, 0.6) is 0 Å². The summed E-state index contributed by atoms with van der Waals surface area (Å²) in [6.07, 6.45) is -3.61. The first-order valence-electron chi connectivity index (χ1n) is 6.69. The number of nitrogens with one attached hydrogen (secondary N) is 1. The van der Waals surface area contributed by atoms with Crippen LogP contribution in [0.15, 0.2) is 24.3 Å². The van der Waals surface area contributed by atoms with Gasteiger partial charge in [0.05, 0.1) is 11.7 Å². The van der Waals surface area contributed by atoms with Crippen molar-refractivity contribution in [3.8, 4) is 0 Å². The van der Waals surface area contributed by atoms with Crippen LogP contribution >= 0.6 is 0 Å². The SMILES string of the molecule is NCC1CCC(C(=O)NCc2ccc(C(F)(F)F)cc2)O1. The van der Waals surface area contributed by atoms with Crippen LogP contribution in [0.1, 0.15) is 24.0 Å². The van der Waals surface area contributed by atoms with Gasteiger partial charge in [-0.1, -0.05) is 12.1 Å². The zero-order valence-corrected chi connectivity index (χ0v) is 11.3. The van der Waals surface area contributed by atoms with Crippen LogP contribution in [0.2, 0.25) is 0 Å². The van der Waals surface area contributed by atoms with Gasteiger partial charge >= 0.3 is 6.18 Å². The number of halogens is 3. The molecule has 1 aromatic carbocycles. The Kier molecular flexibility index (Phi) is 4.84. The Morgan fingerprint density at radius 2 is 1.95 bits per heavy atom. The van der Waals surface area contributed by atoms with E-state index in [4.69, 9.17) is 10.5 Å². The summed E-state index contributed by atoms with van der Waals surface area (Å²) in [4.78, 5) is 11.8. The van der Waals surface area contributed by atoms with Gasteiger partial charge in [-0.05, 0) is 30.5 Å². The first kappa shape index (κ1) is 15.8. The predicted molar refractivity (Wildman–Crippen MR) is 70.2 cm³/mol. The standard InChI is InChI=1S/C14H17F3N2O2/c15-14(16,17)10-3-1-9(2-4-10)8-19-13(20)12-6-5-11(7-18)21-12/h1-4,11-12H,5-8,18H2,(H,19,20). The fourth-order valence-electron chi connectivity index (χ4n) is 2.19. The minimum atomic E-state index is -4.35. The molecular formula is C14H17F3N2O2. The van der Waals surface area contributed by atoms with Crippen LogP contribution in [0.3, 0.4) is 0 Å². The molecule has 0 saturated carbocycles. The molecule has 1 aliphatic rings. The van der Waals surface area contributed by atoms with Crippen molar-refractivity contribution in [2.75, 3.05) is 6.54 Å². The quantitative estimate of drug-likeness (QED) is 0.892. The van der Waals surface area contributed by atoms with E-state index in [0.29, 0.717) is 18.5 Å². The van der Waals surface area contributed by atoms with Crippen LogP contribution in [-0.4, -0.2) is 24.7 Å². The maximum Gasteiger partial charge on any atom is 0.416 e. The Morgan fingerprint density at radius 3 is 2.48 bits per heavy atom. The first-order valence-corrected chi connectivity index (χ1v) is 6.69. The van der Waals surface area contributed by atoms with Crippen molar-refractivity contribution in [3.05, 3.63) is 35.4 Å². The summed E-state index contributed by atoms with van der Waals surface area (Å²) < 4.78 is 42.7. The third-order valence-corrected chi connectivity index (χ3v) is 3.41. The molecule has 2 rings (SSSR count). The molecule has 7 heteroatoms. The number of rotatable bonds is 4. The highest BCUT2D eigenvalue weighted by Gasteiger charge is 2.31. The lowest BCUT2D eigenvalue weighted by atomic mass is 10.1. The van der Waals surface area contributed by atoms with E-state index in [1.165, 1.54) is 12.1 Å². The van der Waals surface area contributed by atoms with Gasteiger partial charge in [-0.2, -0.15) is 13.2 Å². The second-order valence-electron chi connectivity index (χ2n) is 4.97. The van der Waals surface area contributed by atoms with Crippen LogP contribution < -0.4 is 11.1 Å². The fraction of sp³-hybridized carbons (Fsp3) is 0.500. The third-order valence-electron chi connectivity index (χ3n) is 3.41. The largest absolute Gasteiger partial charge is 0.416 e. The Bertz CT molecular complexity index is 488. The van der Waals surface area contributed by atoms with E-state index in [1.807, 2.05) is 0 Å². The van der Waals surface area contributed by atoms with Gasteiger partial charge < -0.3 is 15.8 Å². The van der Waals surface area contributed by atoms with Gasteiger partial charge in [-0.3, -0.25) is 4.79 Å². The van der Waals surface area contributed by atoms with Crippen molar-refractivity contribution in [2.45, 2.75) is 37.8 Å². The molecule has 116 valence electrons. The van der Waals surface area contributed by atoms with E-state index >= 15 is 0 Å². The van der Waals surface area contributed by atoms with E-state index < -0.39 is 17.8 Å². The lowest BCUT2D eigenvalue weighted by molar-refractivity contribution is -0.137. The maximum atomic E-state index is 12.4. The molecule has 1 aliphatic heterocycles. The third kappa shape index (κ3) is 4.18. The first-order chi connectivity index (χ1) is 9.90. The number of carbonyl (C=O) groups is 1. The van der Waals surface area contributed by atoms with Gasteiger partial charge in [0.25, 0.3) is 0 Å². The molecule has 1 saturated heterocycles. The molecule has 1 fully saturated rings. The van der Waals surface area contributed by atoms with E-state index in [9.17, 15) is 18.0 Å². The topological polar surface area (TPSA) is 64.4 Å². The van der Waals surface area contributed by atoms with Crippen molar-refractivity contribution < 1.29 is 22.7 Å². The number of hydrogen-bond acceptors (Lipinski definition) is 3. The van der Waals surface area contributed by atoms with Crippen molar-refractivity contribution in [3.63, 3.8) is 0 Å². The molecule has 0 aromatic heterocycles. The molecular weight excluding hydrogens is 285 g/mol. The lowest BCUT2D eigenvalue weighted by Crippen LogP contribution is -2.35. The number of amides is 1. The van der Waals surface area contributed by atoms with E-state index in [2.05, 4.69) is 5.32 Å². The van der Waals surface area contributed by atoms with E-state index in [-0.39, 0.29) is 18.6 Å². The summed E-state index contributed by atoms with van der Waals surface area (Å²) in [7, 11) is 0. The van der Waals surface area contributed by atoms with Gasteiger partial charge in [-0.15, -0.1) is 0 Å². The number of hydrogen-bond donors (Lipinski definition) is 2. The van der Waals surface area contributed by atoms with Crippen molar-refractivity contribution >= 4 is 5.91 Å². The van der Waals surface area contributed by atoms with Gasteiger partial charge in [0.1, 0.15) is 6.10 Å². The van der Waals surface area contributed by atoms with E-state index in [1.54, 1.807) is 0 Å². The number of nitrogens with two attached hydrogens (primary N) is 1. The smallest absolute Gasteiger partial charge is 0.364 e. The van der Waals surface area contributed by atoms with Crippen LogP contribution in [0.25, 0.3) is 0 Å². The maximum absolute atomic E-state index is 12.4. The minimum absolute atomic E-state index is 0.0909. The average Bonchev–Trinajstić information content (AvgIpc) is 2.93. The highest BCUT2D eigenvalue weighted by molar-refractivity contribution is 5.81. The van der Waals surface area contributed by atoms with Gasteiger partial charge in [0.15, 0.2) is 0 Å². The minimum Gasteiger partial charge on any atom is -0.364 e. The number of carbonyl (C=O) groups excluding carboxylic acids is 1.